The van der Waals surface area contributed by atoms with Gasteiger partial charge in [0.05, 0.1) is 14.2 Å². The molecule has 0 atom stereocenters. The number of anilines is 1. The zero-order valence-corrected chi connectivity index (χ0v) is 16.2. The summed E-state index contributed by atoms with van der Waals surface area (Å²) in [4.78, 5) is 21.5. The number of hydrogen-bond donors (Lipinski definition) is 1. The van der Waals surface area contributed by atoms with Gasteiger partial charge in [-0.05, 0) is 48.9 Å². The van der Waals surface area contributed by atoms with Gasteiger partial charge in [-0.2, -0.15) is 4.98 Å². The number of amides is 1. The predicted octanol–water partition coefficient (Wildman–Crippen LogP) is 4.47. The minimum Gasteiger partial charge on any atom is -0.497 e. The van der Waals surface area contributed by atoms with E-state index in [2.05, 4.69) is 15.3 Å². The fourth-order valence-corrected chi connectivity index (χ4v) is 3.02. The van der Waals surface area contributed by atoms with E-state index >= 15 is 0 Å². The van der Waals surface area contributed by atoms with Crippen molar-refractivity contribution < 1.29 is 18.7 Å². The Morgan fingerprint density at radius 3 is 2.48 bits per heavy atom. The van der Waals surface area contributed by atoms with Gasteiger partial charge in [-0.25, -0.2) is 4.98 Å². The van der Waals surface area contributed by atoms with Gasteiger partial charge in [0.1, 0.15) is 11.5 Å². The first kappa shape index (κ1) is 18.5. The van der Waals surface area contributed by atoms with Gasteiger partial charge >= 0.3 is 0 Å². The number of benzene rings is 2. The van der Waals surface area contributed by atoms with Crippen LogP contribution in [-0.2, 0) is 0 Å². The first-order valence-electron chi connectivity index (χ1n) is 8.95. The average Bonchev–Trinajstić information content (AvgIpc) is 3.18. The van der Waals surface area contributed by atoms with Gasteiger partial charge in [0.25, 0.3) is 5.91 Å². The number of carbonyl (C=O) groups is 1. The minimum atomic E-state index is -0.276. The molecule has 0 aliphatic rings. The van der Waals surface area contributed by atoms with Gasteiger partial charge in [0.15, 0.2) is 11.2 Å². The van der Waals surface area contributed by atoms with Crippen LogP contribution in [0.15, 0.2) is 59.1 Å². The van der Waals surface area contributed by atoms with Crippen molar-refractivity contribution in [1.82, 2.24) is 9.97 Å². The Labute approximate surface area is 167 Å². The van der Waals surface area contributed by atoms with Crippen molar-refractivity contribution in [3.8, 4) is 23.0 Å². The summed E-state index contributed by atoms with van der Waals surface area (Å²) in [6, 6.07) is 14.2. The number of ether oxygens (including phenoxy) is 2. The van der Waals surface area contributed by atoms with Crippen molar-refractivity contribution in [3.63, 3.8) is 0 Å². The molecule has 2 aromatic heterocycles. The Morgan fingerprint density at radius 2 is 1.79 bits per heavy atom. The van der Waals surface area contributed by atoms with Gasteiger partial charge in [-0.3, -0.25) is 4.79 Å². The molecule has 0 radical (unpaired) electrons. The summed E-state index contributed by atoms with van der Waals surface area (Å²) in [5, 5.41) is 2.94. The number of oxazole rings is 1. The number of rotatable bonds is 5. The Kier molecular flexibility index (Phi) is 4.87. The first-order valence-corrected chi connectivity index (χ1v) is 8.95. The number of fused-ring (bicyclic) bond motifs is 1. The van der Waals surface area contributed by atoms with Crippen molar-refractivity contribution in [3.05, 3.63) is 65.9 Å². The summed E-state index contributed by atoms with van der Waals surface area (Å²) in [6.45, 7) is 1.90. The van der Waals surface area contributed by atoms with Crippen LogP contribution in [0.25, 0.3) is 22.7 Å². The van der Waals surface area contributed by atoms with E-state index in [1.54, 1.807) is 44.7 Å². The Hall–Kier alpha value is -3.87. The molecule has 0 saturated carbocycles. The summed E-state index contributed by atoms with van der Waals surface area (Å²) in [5.74, 6) is 1.26. The van der Waals surface area contributed by atoms with Crippen molar-refractivity contribution in [1.29, 1.82) is 0 Å². The van der Waals surface area contributed by atoms with Crippen LogP contribution in [0.3, 0.4) is 0 Å². The maximum atomic E-state index is 12.8. The molecule has 0 unspecified atom stereocenters. The van der Waals surface area contributed by atoms with Crippen molar-refractivity contribution in [2.75, 3.05) is 19.5 Å². The molecule has 0 spiro atoms. The molecule has 2 heterocycles. The van der Waals surface area contributed by atoms with Crippen LogP contribution in [0.5, 0.6) is 11.5 Å². The van der Waals surface area contributed by atoms with E-state index in [0.29, 0.717) is 39.9 Å². The molecule has 2 aromatic carbocycles. The van der Waals surface area contributed by atoms with E-state index in [1.165, 1.54) is 0 Å². The van der Waals surface area contributed by atoms with Gasteiger partial charge in [0, 0.05) is 29.1 Å². The first-order chi connectivity index (χ1) is 14.1. The SMILES string of the molecule is COc1cc(OC)cc(C(=O)Nc2cccc(-c3nc4ncccc4o3)c2C)c1. The lowest BCUT2D eigenvalue weighted by Gasteiger charge is -2.12. The number of nitrogens with one attached hydrogen (secondary N) is 1. The Bertz CT molecular complexity index is 1140. The summed E-state index contributed by atoms with van der Waals surface area (Å²) in [5.41, 5.74) is 3.85. The molecule has 4 rings (SSSR count). The van der Waals surface area contributed by atoms with Crippen LogP contribution in [0.4, 0.5) is 5.69 Å². The summed E-state index contributed by atoms with van der Waals surface area (Å²) in [6.07, 6.45) is 1.67. The Morgan fingerprint density at radius 1 is 1.03 bits per heavy atom. The highest BCUT2D eigenvalue weighted by Gasteiger charge is 2.16. The van der Waals surface area contributed by atoms with Crippen LogP contribution in [0.2, 0.25) is 0 Å². The number of methoxy groups -OCH3 is 2. The second kappa shape index (κ2) is 7.63. The van der Waals surface area contributed by atoms with Crippen molar-refractivity contribution >= 4 is 22.8 Å². The standard InChI is InChI=1S/C22H19N3O4/c1-13-17(22-25-20-19(29-22)8-5-9-23-20)6-4-7-18(13)24-21(26)14-10-15(27-2)12-16(11-14)28-3/h4-12H,1-3H3,(H,24,26). The fourth-order valence-electron chi connectivity index (χ4n) is 3.02. The molecule has 29 heavy (non-hydrogen) atoms. The van der Waals surface area contributed by atoms with Crippen LogP contribution in [0, 0.1) is 6.92 Å². The average molecular weight is 389 g/mol. The smallest absolute Gasteiger partial charge is 0.255 e. The lowest BCUT2D eigenvalue weighted by Crippen LogP contribution is -2.13. The van der Waals surface area contributed by atoms with E-state index in [4.69, 9.17) is 13.9 Å². The molecule has 0 saturated heterocycles. The molecule has 146 valence electrons. The minimum absolute atomic E-state index is 0.276. The molecule has 4 aromatic rings. The largest absolute Gasteiger partial charge is 0.497 e. The van der Waals surface area contributed by atoms with E-state index in [1.807, 2.05) is 31.2 Å². The van der Waals surface area contributed by atoms with E-state index < -0.39 is 0 Å². The van der Waals surface area contributed by atoms with Crippen LogP contribution < -0.4 is 14.8 Å². The van der Waals surface area contributed by atoms with E-state index in [9.17, 15) is 4.79 Å². The maximum absolute atomic E-state index is 12.8. The fraction of sp³-hybridized carbons (Fsp3) is 0.136. The highest BCUT2D eigenvalue weighted by Crippen LogP contribution is 2.30. The normalized spacial score (nSPS) is 10.7. The zero-order valence-electron chi connectivity index (χ0n) is 16.2. The third-order valence-corrected chi connectivity index (χ3v) is 4.59. The van der Waals surface area contributed by atoms with E-state index in [0.717, 1.165) is 11.1 Å². The lowest BCUT2D eigenvalue weighted by molar-refractivity contribution is 0.102. The molecular formula is C22H19N3O4. The quantitative estimate of drug-likeness (QED) is 0.542. The molecule has 0 bridgehead atoms. The molecule has 0 aliphatic carbocycles. The predicted molar refractivity (Wildman–Crippen MR) is 109 cm³/mol. The van der Waals surface area contributed by atoms with Crippen molar-refractivity contribution in [2.24, 2.45) is 0 Å². The molecule has 7 heteroatoms. The summed E-state index contributed by atoms with van der Waals surface area (Å²) in [7, 11) is 3.08. The molecule has 1 N–H and O–H groups in total. The highest BCUT2D eigenvalue weighted by atomic mass is 16.5. The number of carbonyl (C=O) groups excluding carboxylic acids is 1. The number of pyridine rings is 1. The van der Waals surface area contributed by atoms with Crippen LogP contribution in [0.1, 0.15) is 15.9 Å². The Balaban J connectivity index is 1.66. The molecule has 7 nitrogen and oxygen atoms in total. The second-order valence-electron chi connectivity index (χ2n) is 6.38. The van der Waals surface area contributed by atoms with E-state index in [-0.39, 0.29) is 5.91 Å². The highest BCUT2D eigenvalue weighted by molar-refractivity contribution is 6.05. The molecule has 0 aliphatic heterocycles. The number of aromatic nitrogens is 2. The lowest BCUT2D eigenvalue weighted by atomic mass is 10.1. The molecule has 0 fully saturated rings. The zero-order chi connectivity index (χ0) is 20.4. The second-order valence-corrected chi connectivity index (χ2v) is 6.38. The molecule has 1 amide bonds. The van der Waals surface area contributed by atoms with Gasteiger partial charge in [0.2, 0.25) is 5.89 Å². The van der Waals surface area contributed by atoms with Gasteiger partial charge in [-0.1, -0.05) is 6.07 Å². The molecular weight excluding hydrogens is 370 g/mol. The van der Waals surface area contributed by atoms with Crippen LogP contribution in [-0.4, -0.2) is 30.1 Å². The number of nitrogens with zero attached hydrogens (tertiary/aromatic N) is 2. The third kappa shape index (κ3) is 3.62. The van der Waals surface area contributed by atoms with Gasteiger partial charge in [-0.15, -0.1) is 0 Å². The summed E-state index contributed by atoms with van der Waals surface area (Å²) < 4.78 is 16.3. The van der Waals surface area contributed by atoms with Gasteiger partial charge < -0.3 is 19.2 Å². The van der Waals surface area contributed by atoms with Crippen LogP contribution >= 0.6 is 0 Å². The van der Waals surface area contributed by atoms with Crippen molar-refractivity contribution in [2.45, 2.75) is 6.92 Å². The number of hydrogen-bond acceptors (Lipinski definition) is 6. The maximum Gasteiger partial charge on any atom is 0.255 e. The topological polar surface area (TPSA) is 86.5 Å². The monoisotopic (exact) mass is 389 g/mol. The summed E-state index contributed by atoms with van der Waals surface area (Å²) >= 11 is 0. The third-order valence-electron chi connectivity index (χ3n) is 4.59.